The number of urea groups is 1. The number of benzene rings is 2. The number of hydrogen-bond donors (Lipinski definition) is 3. The van der Waals surface area contributed by atoms with Crippen molar-refractivity contribution in [2.24, 2.45) is 10.2 Å². The lowest BCUT2D eigenvalue weighted by molar-refractivity contribution is 0.0697. The van der Waals surface area contributed by atoms with Crippen LogP contribution in [0, 0.1) is 0 Å². The molecule has 2 heterocycles. The fourth-order valence-electron chi connectivity index (χ4n) is 4.01. The SMILES string of the molecule is CCCCCn1c(O)c(N=NC(=O)Nc2nccs2)c2cc(SCCCc3ccc(C(=O)O)cc3)ccc21. The van der Waals surface area contributed by atoms with Crippen molar-refractivity contribution in [3.63, 3.8) is 0 Å². The van der Waals surface area contributed by atoms with E-state index in [0.29, 0.717) is 11.7 Å². The van der Waals surface area contributed by atoms with Crippen molar-refractivity contribution in [3.8, 4) is 5.88 Å². The number of nitrogens with one attached hydrogen (secondary N) is 1. The van der Waals surface area contributed by atoms with E-state index in [-0.39, 0.29) is 17.1 Å². The quantitative estimate of drug-likeness (QED) is 0.0938. The van der Waals surface area contributed by atoms with E-state index in [9.17, 15) is 14.7 Å². The number of carboxylic acid groups (broad SMARTS) is 1. The van der Waals surface area contributed by atoms with Gasteiger partial charge in [-0.15, -0.1) is 28.2 Å². The molecule has 0 aliphatic heterocycles. The molecule has 2 amide bonds. The Morgan fingerprint density at radius 1 is 1.13 bits per heavy atom. The molecule has 0 spiro atoms. The predicted molar refractivity (Wildman–Crippen MR) is 151 cm³/mol. The van der Waals surface area contributed by atoms with Gasteiger partial charge in [0, 0.05) is 28.4 Å². The average Bonchev–Trinajstić information content (AvgIpc) is 3.51. The van der Waals surface area contributed by atoms with Crippen LogP contribution >= 0.6 is 23.1 Å². The van der Waals surface area contributed by atoms with E-state index in [1.54, 1.807) is 35.5 Å². The van der Waals surface area contributed by atoms with Crippen LogP contribution in [-0.4, -0.2) is 37.5 Å². The number of carbonyl (C=O) groups excluding carboxylic acids is 1. The zero-order valence-electron chi connectivity index (χ0n) is 21.0. The molecule has 0 radical (unpaired) electrons. The lowest BCUT2D eigenvalue weighted by Crippen LogP contribution is -2.04. The summed E-state index contributed by atoms with van der Waals surface area (Å²) in [4.78, 5) is 28.3. The second kappa shape index (κ2) is 13.2. The van der Waals surface area contributed by atoms with Gasteiger partial charge >= 0.3 is 12.0 Å². The van der Waals surface area contributed by atoms with E-state index in [4.69, 9.17) is 5.11 Å². The zero-order chi connectivity index (χ0) is 26.9. The van der Waals surface area contributed by atoms with Gasteiger partial charge < -0.3 is 14.8 Å². The van der Waals surface area contributed by atoms with Crippen molar-refractivity contribution in [1.82, 2.24) is 9.55 Å². The minimum atomic E-state index is -0.924. The summed E-state index contributed by atoms with van der Waals surface area (Å²) in [6, 6.07) is 12.3. The van der Waals surface area contributed by atoms with Gasteiger partial charge in [0.25, 0.3) is 0 Å². The van der Waals surface area contributed by atoms with Crippen LogP contribution in [0.15, 0.2) is 69.2 Å². The number of aromatic hydroxyl groups is 1. The van der Waals surface area contributed by atoms with Gasteiger partial charge in [0.2, 0.25) is 5.88 Å². The predicted octanol–water partition coefficient (Wildman–Crippen LogP) is 7.73. The fourth-order valence-corrected chi connectivity index (χ4v) is 5.42. The monoisotopic (exact) mass is 551 g/mol. The summed E-state index contributed by atoms with van der Waals surface area (Å²) < 4.78 is 1.83. The van der Waals surface area contributed by atoms with Gasteiger partial charge in [0.15, 0.2) is 10.8 Å². The number of carboxylic acids is 1. The first-order valence-electron chi connectivity index (χ1n) is 12.4. The Labute approximate surface area is 228 Å². The molecule has 0 bridgehead atoms. The minimum Gasteiger partial charge on any atom is -0.493 e. The molecule has 0 atom stereocenters. The highest BCUT2D eigenvalue weighted by atomic mass is 32.2. The summed E-state index contributed by atoms with van der Waals surface area (Å²) in [5.41, 5.74) is 2.50. The number of carbonyl (C=O) groups is 2. The molecule has 2 aromatic heterocycles. The first kappa shape index (κ1) is 27.3. The fraction of sp³-hybridized carbons (Fsp3) is 0.296. The summed E-state index contributed by atoms with van der Waals surface area (Å²) in [6.07, 6.45) is 6.37. The normalized spacial score (nSPS) is 11.4. The van der Waals surface area contributed by atoms with Crippen LogP contribution in [0.4, 0.5) is 15.6 Å². The molecule has 9 nitrogen and oxygen atoms in total. The molecule has 0 aliphatic carbocycles. The Morgan fingerprint density at radius 2 is 1.95 bits per heavy atom. The summed E-state index contributed by atoms with van der Waals surface area (Å²) in [6.45, 7) is 2.77. The van der Waals surface area contributed by atoms with Gasteiger partial charge in [0.1, 0.15) is 0 Å². The largest absolute Gasteiger partial charge is 0.493 e. The van der Waals surface area contributed by atoms with E-state index in [1.807, 2.05) is 34.9 Å². The van der Waals surface area contributed by atoms with Crippen molar-refractivity contribution >= 4 is 56.8 Å². The Morgan fingerprint density at radius 3 is 2.66 bits per heavy atom. The maximum Gasteiger partial charge on any atom is 0.365 e. The number of fused-ring (bicyclic) bond motifs is 1. The summed E-state index contributed by atoms with van der Waals surface area (Å²) in [7, 11) is 0. The smallest absolute Gasteiger partial charge is 0.365 e. The Bertz CT molecular complexity index is 1420. The van der Waals surface area contributed by atoms with E-state index in [0.717, 1.165) is 59.2 Å². The van der Waals surface area contributed by atoms with Crippen molar-refractivity contribution in [2.75, 3.05) is 11.1 Å². The van der Waals surface area contributed by atoms with Gasteiger partial charge in [-0.25, -0.2) is 14.6 Å². The number of nitrogens with zero attached hydrogens (tertiary/aromatic N) is 4. The van der Waals surface area contributed by atoms with E-state index in [1.165, 1.54) is 11.3 Å². The maximum absolute atomic E-state index is 12.2. The number of aromatic carboxylic acids is 1. The molecular weight excluding hydrogens is 522 g/mol. The number of aromatic nitrogens is 2. The molecule has 198 valence electrons. The van der Waals surface area contributed by atoms with Crippen LogP contribution in [0.1, 0.15) is 48.5 Å². The van der Waals surface area contributed by atoms with Gasteiger partial charge in [-0.05, 0) is 60.9 Å². The van der Waals surface area contributed by atoms with Gasteiger partial charge in [-0.3, -0.25) is 5.32 Å². The van der Waals surface area contributed by atoms with E-state index >= 15 is 0 Å². The number of rotatable bonds is 12. The molecular formula is C27H29N5O4S2. The number of unbranched alkanes of at least 4 members (excludes halogenated alkanes) is 2. The molecule has 0 fully saturated rings. The number of amides is 2. The van der Waals surface area contributed by atoms with Gasteiger partial charge in [-0.1, -0.05) is 37.0 Å². The first-order chi connectivity index (χ1) is 18.5. The number of thiazole rings is 1. The van der Waals surface area contributed by atoms with Crippen molar-refractivity contribution < 1.29 is 19.8 Å². The molecule has 0 saturated heterocycles. The van der Waals surface area contributed by atoms with Crippen LogP contribution in [-0.2, 0) is 13.0 Å². The number of anilines is 1. The molecule has 11 heteroatoms. The topological polar surface area (TPSA) is 129 Å². The zero-order valence-corrected chi connectivity index (χ0v) is 22.6. The Hall–Kier alpha value is -3.70. The van der Waals surface area contributed by atoms with E-state index in [2.05, 4.69) is 27.5 Å². The second-order valence-corrected chi connectivity index (χ2v) is 10.7. The van der Waals surface area contributed by atoms with Crippen LogP contribution in [0.25, 0.3) is 10.9 Å². The summed E-state index contributed by atoms with van der Waals surface area (Å²) >= 11 is 2.97. The molecule has 0 aliphatic rings. The summed E-state index contributed by atoms with van der Waals surface area (Å²) in [5, 5.41) is 33.4. The molecule has 2 aromatic carbocycles. The molecule has 4 aromatic rings. The summed E-state index contributed by atoms with van der Waals surface area (Å²) in [5.74, 6) is -0.0664. The van der Waals surface area contributed by atoms with E-state index < -0.39 is 12.0 Å². The Kier molecular flexibility index (Phi) is 9.50. The lowest BCUT2D eigenvalue weighted by Gasteiger charge is -2.07. The third kappa shape index (κ3) is 6.99. The number of hydrogen-bond acceptors (Lipinski definition) is 7. The number of azo groups is 1. The molecule has 3 N–H and O–H groups in total. The highest BCUT2D eigenvalue weighted by molar-refractivity contribution is 7.99. The third-order valence-electron chi connectivity index (χ3n) is 5.93. The lowest BCUT2D eigenvalue weighted by atomic mass is 10.1. The molecule has 4 rings (SSSR count). The van der Waals surface area contributed by atoms with Crippen LogP contribution in [0.3, 0.4) is 0 Å². The number of thioether (sulfide) groups is 1. The third-order valence-corrected chi connectivity index (χ3v) is 7.70. The van der Waals surface area contributed by atoms with Crippen LogP contribution < -0.4 is 5.32 Å². The standard InChI is InChI=1S/C27H29N5O4S2/c1-2-3-4-14-32-22-12-11-20(37-15-5-6-18-7-9-19(10-8-18)25(34)35)17-21(22)23(24(32)33)30-31-26(36)29-27-28-13-16-38-27/h7-13,16-17,33H,2-6,14-15H2,1H3,(H,34,35)(H,28,29,36). The van der Waals surface area contributed by atoms with Crippen LogP contribution in [0.2, 0.25) is 0 Å². The number of aryl methyl sites for hydroxylation is 2. The molecule has 38 heavy (non-hydrogen) atoms. The highest BCUT2D eigenvalue weighted by Crippen LogP contribution is 2.41. The van der Waals surface area contributed by atoms with Gasteiger partial charge in [0.05, 0.1) is 11.1 Å². The van der Waals surface area contributed by atoms with Crippen molar-refractivity contribution in [1.29, 1.82) is 0 Å². The van der Waals surface area contributed by atoms with Crippen LogP contribution in [0.5, 0.6) is 5.88 Å². The molecule has 0 saturated carbocycles. The Balaban J connectivity index is 1.48. The minimum absolute atomic E-state index is 0.00569. The second-order valence-electron chi connectivity index (χ2n) is 8.63. The van der Waals surface area contributed by atoms with Gasteiger partial charge in [-0.2, -0.15) is 0 Å². The molecule has 0 unspecified atom stereocenters. The average molecular weight is 552 g/mol. The highest BCUT2D eigenvalue weighted by Gasteiger charge is 2.18. The van der Waals surface area contributed by atoms with Crippen molar-refractivity contribution in [3.05, 3.63) is 65.2 Å². The maximum atomic E-state index is 12.2. The van der Waals surface area contributed by atoms with Crippen molar-refractivity contribution in [2.45, 2.75) is 50.5 Å². The first-order valence-corrected chi connectivity index (χ1v) is 14.2.